The first-order chi connectivity index (χ1) is 16.0. The van der Waals surface area contributed by atoms with Crippen LogP contribution in [-0.2, 0) is 4.79 Å². The van der Waals surface area contributed by atoms with Crippen LogP contribution in [0, 0.1) is 12.7 Å². The number of likely N-dealkylation sites (tertiary alicyclic amines) is 1. The first kappa shape index (κ1) is 21.4. The topological polar surface area (TPSA) is 73.0 Å². The maximum atomic E-state index is 14.1. The molecule has 1 saturated heterocycles. The molecule has 2 aliphatic heterocycles. The van der Waals surface area contributed by atoms with Crippen molar-refractivity contribution in [3.05, 3.63) is 77.1 Å². The van der Waals surface area contributed by atoms with Gasteiger partial charge in [0.15, 0.2) is 0 Å². The lowest BCUT2D eigenvalue weighted by atomic mass is 9.94. The molecule has 2 aromatic carbocycles. The molecule has 5 rings (SSSR count). The monoisotopic (exact) mass is 445 g/mol. The van der Waals surface area contributed by atoms with Crippen molar-refractivity contribution < 1.29 is 9.18 Å². The summed E-state index contributed by atoms with van der Waals surface area (Å²) in [5.74, 6) is -0.0329. The number of rotatable bonds is 5. The van der Waals surface area contributed by atoms with Crippen molar-refractivity contribution in [1.29, 1.82) is 0 Å². The minimum atomic E-state index is -0.360. The number of halogens is 1. The van der Waals surface area contributed by atoms with E-state index in [1.54, 1.807) is 18.3 Å². The predicted octanol–water partition coefficient (Wildman–Crippen LogP) is 4.66. The van der Waals surface area contributed by atoms with Crippen LogP contribution in [0.2, 0.25) is 0 Å². The van der Waals surface area contributed by atoms with E-state index in [4.69, 9.17) is 0 Å². The minimum Gasteiger partial charge on any atom is -0.382 e. The summed E-state index contributed by atoms with van der Waals surface area (Å²) in [6.45, 7) is 7.36. The van der Waals surface area contributed by atoms with E-state index in [2.05, 4.69) is 32.4 Å². The second-order valence-electron chi connectivity index (χ2n) is 8.74. The van der Waals surface area contributed by atoms with Crippen LogP contribution in [0.3, 0.4) is 0 Å². The SMILES string of the molecule is CCN1CCC(Nc2ccc3c(c2)/C(=C(/c2cccc(F)c2)c2ncc(C)[nH]2)C(=O)N3)CC1. The average molecular weight is 446 g/mol. The number of amides is 1. The number of aromatic amines is 1. The Labute approximate surface area is 192 Å². The Hall–Kier alpha value is -3.45. The van der Waals surface area contributed by atoms with Crippen LogP contribution in [0.25, 0.3) is 11.1 Å². The number of imidazole rings is 1. The Morgan fingerprint density at radius 3 is 2.73 bits per heavy atom. The molecule has 7 heteroatoms. The predicted molar refractivity (Wildman–Crippen MR) is 129 cm³/mol. The average Bonchev–Trinajstić information content (AvgIpc) is 3.38. The van der Waals surface area contributed by atoms with E-state index in [-0.39, 0.29) is 11.7 Å². The molecule has 0 spiro atoms. The van der Waals surface area contributed by atoms with Crippen LogP contribution in [-0.4, -0.2) is 46.5 Å². The van der Waals surface area contributed by atoms with Crippen LogP contribution in [0.5, 0.6) is 0 Å². The van der Waals surface area contributed by atoms with Gasteiger partial charge in [0.25, 0.3) is 5.91 Å². The van der Waals surface area contributed by atoms with Crippen LogP contribution in [0.1, 0.15) is 42.4 Å². The lowest BCUT2D eigenvalue weighted by Crippen LogP contribution is -2.38. The zero-order valence-electron chi connectivity index (χ0n) is 18.9. The number of benzene rings is 2. The number of carbonyl (C=O) groups is 1. The number of hydrogen-bond acceptors (Lipinski definition) is 4. The van der Waals surface area contributed by atoms with E-state index in [1.165, 1.54) is 12.1 Å². The number of hydrogen-bond donors (Lipinski definition) is 3. The third-order valence-electron chi connectivity index (χ3n) is 6.47. The van der Waals surface area contributed by atoms with Crippen molar-refractivity contribution in [2.75, 3.05) is 30.3 Å². The minimum absolute atomic E-state index is 0.216. The Bertz CT molecular complexity index is 1220. The van der Waals surface area contributed by atoms with E-state index in [1.807, 2.05) is 25.1 Å². The highest BCUT2D eigenvalue weighted by Crippen LogP contribution is 2.40. The molecule has 3 N–H and O–H groups in total. The molecule has 3 heterocycles. The number of nitrogens with zero attached hydrogens (tertiary/aromatic N) is 2. The van der Waals surface area contributed by atoms with Crippen LogP contribution in [0.4, 0.5) is 15.8 Å². The molecular formula is C26H28FN5O. The van der Waals surface area contributed by atoms with E-state index in [0.717, 1.165) is 55.1 Å². The largest absolute Gasteiger partial charge is 0.382 e. The number of aromatic nitrogens is 2. The number of piperidine rings is 1. The van der Waals surface area contributed by atoms with Crippen LogP contribution < -0.4 is 10.6 Å². The summed E-state index contributed by atoms with van der Waals surface area (Å²) in [6, 6.07) is 12.6. The van der Waals surface area contributed by atoms with E-state index in [9.17, 15) is 9.18 Å². The smallest absolute Gasteiger partial charge is 0.257 e. The number of carbonyl (C=O) groups excluding carboxylic acids is 1. The summed E-state index contributed by atoms with van der Waals surface area (Å²) in [5.41, 5.74) is 5.08. The maximum Gasteiger partial charge on any atom is 0.257 e. The molecule has 0 bridgehead atoms. The van der Waals surface area contributed by atoms with Gasteiger partial charge in [-0.15, -0.1) is 0 Å². The molecule has 0 radical (unpaired) electrons. The third kappa shape index (κ3) is 4.28. The lowest BCUT2D eigenvalue weighted by Gasteiger charge is -2.32. The van der Waals surface area contributed by atoms with Gasteiger partial charge in [-0.25, -0.2) is 9.37 Å². The molecule has 0 unspecified atom stereocenters. The first-order valence-electron chi connectivity index (χ1n) is 11.5. The number of anilines is 2. The second kappa shape index (κ2) is 8.83. The van der Waals surface area contributed by atoms with Crippen molar-refractivity contribution in [2.24, 2.45) is 0 Å². The highest BCUT2D eigenvalue weighted by molar-refractivity contribution is 6.38. The molecular weight excluding hydrogens is 417 g/mol. The Kier molecular flexibility index (Phi) is 5.72. The summed E-state index contributed by atoms with van der Waals surface area (Å²) in [4.78, 5) is 23.3. The summed E-state index contributed by atoms with van der Waals surface area (Å²) < 4.78 is 14.1. The van der Waals surface area contributed by atoms with Crippen molar-refractivity contribution in [3.8, 4) is 0 Å². The van der Waals surface area contributed by atoms with Crippen LogP contribution >= 0.6 is 0 Å². The summed E-state index contributed by atoms with van der Waals surface area (Å²) in [5, 5.41) is 6.62. The van der Waals surface area contributed by atoms with Crippen LogP contribution in [0.15, 0.2) is 48.7 Å². The molecule has 6 nitrogen and oxygen atoms in total. The number of fused-ring (bicyclic) bond motifs is 1. The molecule has 0 atom stereocenters. The zero-order valence-corrected chi connectivity index (χ0v) is 18.9. The van der Waals surface area contributed by atoms with Gasteiger partial charge in [0.2, 0.25) is 0 Å². The molecule has 170 valence electrons. The summed E-state index contributed by atoms with van der Waals surface area (Å²) in [6.07, 6.45) is 3.89. The van der Waals surface area contributed by atoms with Gasteiger partial charge in [-0.1, -0.05) is 19.1 Å². The van der Waals surface area contributed by atoms with Gasteiger partial charge < -0.3 is 20.5 Å². The van der Waals surface area contributed by atoms with Gasteiger partial charge >= 0.3 is 0 Å². The van der Waals surface area contributed by atoms with Gasteiger partial charge in [0, 0.05) is 53.5 Å². The van der Waals surface area contributed by atoms with Gasteiger partial charge in [-0.05, 0) is 62.2 Å². The normalized spacial score (nSPS) is 18.2. The fraction of sp³-hybridized carbons (Fsp3) is 0.308. The number of nitrogens with one attached hydrogen (secondary N) is 3. The molecule has 1 fully saturated rings. The first-order valence-corrected chi connectivity index (χ1v) is 11.5. The Morgan fingerprint density at radius 2 is 2.03 bits per heavy atom. The Balaban J connectivity index is 1.56. The second-order valence-corrected chi connectivity index (χ2v) is 8.74. The number of H-pyrrole nitrogens is 1. The van der Waals surface area contributed by atoms with Crippen molar-refractivity contribution in [3.63, 3.8) is 0 Å². The third-order valence-corrected chi connectivity index (χ3v) is 6.47. The van der Waals surface area contributed by atoms with E-state index < -0.39 is 0 Å². The standard InChI is InChI=1S/C26H28FN5O/c1-3-32-11-9-19(10-12-32)30-20-7-8-22-21(14-20)24(26(33)31-22)23(25-28-15-16(2)29-25)17-5-4-6-18(27)13-17/h4-8,13-15,19,30H,3,9-12H2,1-2H3,(H,28,29)(H,31,33)/b24-23+. The van der Waals surface area contributed by atoms with Gasteiger partial charge in [0.1, 0.15) is 11.6 Å². The van der Waals surface area contributed by atoms with Gasteiger partial charge in [0.05, 0.1) is 5.57 Å². The molecule has 0 aliphatic carbocycles. The lowest BCUT2D eigenvalue weighted by molar-refractivity contribution is -0.110. The maximum absolute atomic E-state index is 14.1. The molecule has 0 saturated carbocycles. The highest BCUT2D eigenvalue weighted by Gasteiger charge is 2.30. The van der Waals surface area contributed by atoms with Crippen molar-refractivity contribution >= 4 is 28.4 Å². The quantitative estimate of drug-likeness (QED) is 0.499. The van der Waals surface area contributed by atoms with Crippen molar-refractivity contribution in [2.45, 2.75) is 32.7 Å². The molecule has 33 heavy (non-hydrogen) atoms. The fourth-order valence-electron chi connectivity index (χ4n) is 4.72. The van der Waals surface area contributed by atoms with E-state index in [0.29, 0.717) is 28.6 Å². The van der Waals surface area contributed by atoms with E-state index >= 15 is 0 Å². The Morgan fingerprint density at radius 1 is 1.21 bits per heavy atom. The molecule has 1 amide bonds. The molecule has 1 aromatic heterocycles. The molecule has 2 aliphatic rings. The number of aryl methyl sites for hydroxylation is 1. The highest BCUT2D eigenvalue weighted by atomic mass is 19.1. The molecule has 3 aromatic rings. The van der Waals surface area contributed by atoms with Crippen molar-refractivity contribution in [1.82, 2.24) is 14.9 Å². The zero-order chi connectivity index (χ0) is 22.9. The summed E-state index contributed by atoms with van der Waals surface area (Å²) >= 11 is 0. The van der Waals surface area contributed by atoms with Gasteiger partial charge in [-0.3, -0.25) is 4.79 Å². The fourth-order valence-corrected chi connectivity index (χ4v) is 4.72. The van der Waals surface area contributed by atoms with Gasteiger partial charge in [-0.2, -0.15) is 0 Å². The summed E-state index contributed by atoms with van der Waals surface area (Å²) in [7, 11) is 0.